The summed E-state index contributed by atoms with van der Waals surface area (Å²) < 4.78 is 35.9. The third-order valence-electron chi connectivity index (χ3n) is 2.13. The van der Waals surface area contributed by atoms with E-state index >= 15 is 0 Å². The Morgan fingerprint density at radius 1 is 1.32 bits per heavy atom. The number of hydrogen-bond acceptors (Lipinski definition) is 3. The minimum Gasteiger partial charge on any atom is -0.382 e. The quantitative estimate of drug-likeness (QED) is 0.776. The molecule has 0 radical (unpaired) electrons. The average molecular weight is 297 g/mol. The molecule has 0 spiro atoms. The van der Waals surface area contributed by atoms with Gasteiger partial charge in [-0.25, -0.2) is 0 Å². The van der Waals surface area contributed by atoms with Crippen molar-refractivity contribution >= 4 is 23.2 Å². The van der Waals surface area contributed by atoms with Crippen LogP contribution in [0.15, 0.2) is 24.3 Å². The second-order valence-corrected chi connectivity index (χ2v) is 4.18. The van der Waals surface area contributed by atoms with Gasteiger partial charge in [0.05, 0.1) is 6.54 Å². The Hall–Kier alpha value is -1.31. The summed E-state index contributed by atoms with van der Waals surface area (Å²) in [5.41, 5.74) is 0.479. The molecule has 106 valence electrons. The summed E-state index contributed by atoms with van der Waals surface area (Å²) in [7, 11) is 0. The molecule has 0 saturated carbocycles. The number of anilines is 1. The minimum absolute atomic E-state index is 0.338. The summed E-state index contributed by atoms with van der Waals surface area (Å²) in [4.78, 5) is 11.4. The summed E-state index contributed by atoms with van der Waals surface area (Å²) in [6, 6.07) is 6.26. The van der Waals surface area contributed by atoms with Gasteiger partial charge in [0.25, 0.3) is 0 Å². The minimum atomic E-state index is -4.69. The lowest BCUT2D eigenvalue weighted by molar-refractivity contribution is -0.201. The van der Waals surface area contributed by atoms with Crippen LogP contribution in [0.4, 0.5) is 18.9 Å². The van der Waals surface area contributed by atoms with E-state index in [2.05, 4.69) is 10.6 Å². The molecule has 0 aromatic heterocycles. The van der Waals surface area contributed by atoms with Crippen molar-refractivity contribution in [3.8, 4) is 0 Å². The first kappa shape index (κ1) is 15.7. The second kappa shape index (κ2) is 6.74. The van der Waals surface area contributed by atoms with Crippen LogP contribution in [-0.4, -0.2) is 36.4 Å². The van der Waals surface area contributed by atoms with Crippen LogP contribution in [0.5, 0.6) is 0 Å². The van der Waals surface area contributed by atoms with Crippen LogP contribution >= 0.6 is 11.6 Å². The van der Waals surface area contributed by atoms with Crippen LogP contribution in [0.2, 0.25) is 5.02 Å². The van der Waals surface area contributed by atoms with Crippen molar-refractivity contribution in [2.45, 2.75) is 12.3 Å². The Kier molecular flexibility index (Phi) is 5.59. The Balaban J connectivity index is 2.31. The number of benzene rings is 1. The summed E-state index contributed by atoms with van der Waals surface area (Å²) in [6.07, 6.45) is -7.18. The Morgan fingerprint density at radius 3 is 2.42 bits per heavy atom. The monoisotopic (exact) mass is 296 g/mol. The number of rotatable bonds is 5. The largest absolute Gasteiger partial charge is 0.415 e. The first-order valence-electron chi connectivity index (χ1n) is 5.30. The van der Waals surface area contributed by atoms with Gasteiger partial charge in [0.1, 0.15) is 0 Å². The zero-order valence-corrected chi connectivity index (χ0v) is 10.4. The van der Waals surface area contributed by atoms with Crippen molar-refractivity contribution in [1.29, 1.82) is 0 Å². The first-order valence-corrected chi connectivity index (χ1v) is 5.68. The molecule has 1 aromatic rings. The highest BCUT2D eigenvalue weighted by Crippen LogP contribution is 2.19. The molecule has 1 rings (SSSR count). The fourth-order valence-electron chi connectivity index (χ4n) is 1.18. The maximum absolute atomic E-state index is 12.0. The summed E-state index contributed by atoms with van der Waals surface area (Å²) in [5.74, 6) is -0.517. The number of carbonyl (C=O) groups is 1. The van der Waals surface area contributed by atoms with Crippen LogP contribution in [0.1, 0.15) is 0 Å². The van der Waals surface area contributed by atoms with E-state index in [0.29, 0.717) is 10.7 Å². The van der Waals surface area contributed by atoms with Crippen LogP contribution in [-0.2, 0) is 4.79 Å². The summed E-state index contributed by atoms with van der Waals surface area (Å²) >= 11 is 5.65. The van der Waals surface area contributed by atoms with E-state index in [1.807, 2.05) is 0 Å². The number of amides is 1. The zero-order chi connectivity index (χ0) is 14.5. The Labute approximate surface area is 112 Å². The van der Waals surface area contributed by atoms with Gasteiger partial charge in [-0.3, -0.25) is 4.79 Å². The standard InChI is InChI=1S/C11H12ClF3N2O2/c12-7-1-3-8(4-2-7)17-10(19)6-16-5-9(18)11(13,14)15/h1-4,9,16,18H,5-6H2,(H,17,19). The number of aliphatic hydroxyl groups excluding tert-OH is 1. The SMILES string of the molecule is O=C(CNCC(O)C(F)(F)F)Nc1ccc(Cl)cc1. The van der Waals surface area contributed by atoms with Gasteiger partial charge < -0.3 is 15.7 Å². The van der Waals surface area contributed by atoms with Crippen molar-refractivity contribution in [2.24, 2.45) is 0 Å². The molecule has 1 aromatic carbocycles. The summed E-state index contributed by atoms with van der Waals surface area (Å²) in [6.45, 7) is -1.08. The molecular formula is C11H12ClF3N2O2. The smallest absolute Gasteiger partial charge is 0.382 e. The van der Waals surface area contributed by atoms with Gasteiger partial charge in [-0.15, -0.1) is 0 Å². The number of alkyl halides is 3. The summed E-state index contributed by atoms with van der Waals surface area (Å²) in [5, 5.41) is 13.9. The Bertz CT molecular complexity index is 423. The maximum atomic E-state index is 12.0. The van der Waals surface area contributed by atoms with E-state index in [4.69, 9.17) is 16.7 Å². The van der Waals surface area contributed by atoms with Crippen LogP contribution in [0, 0.1) is 0 Å². The van der Waals surface area contributed by atoms with Crippen LogP contribution in [0.25, 0.3) is 0 Å². The molecule has 19 heavy (non-hydrogen) atoms. The predicted octanol–water partition coefficient (Wildman–Crippen LogP) is 1.79. The van der Waals surface area contributed by atoms with Crippen molar-refractivity contribution in [2.75, 3.05) is 18.4 Å². The van der Waals surface area contributed by atoms with E-state index in [9.17, 15) is 18.0 Å². The maximum Gasteiger partial charge on any atom is 0.415 e. The molecule has 0 bridgehead atoms. The van der Waals surface area contributed by atoms with Crippen LogP contribution < -0.4 is 10.6 Å². The molecule has 1 amide bonds. The molecule has 0 aliphatic heterocycles. The average Bonchev–Trinajstić information content (AvgIpc) is 2.31. The highest BCUT2D eigenvalue weighted by molar-refractivity contribution is 6.30. The molecular weight excluding hydrogens is 285 g/mol. The predicted molar refractivity (Wildman–Crippen MR) is 65.0 cm³/mol. The zero-order valence-electron chi connectivity index (χ0n) is 9.67. The van der Waals surface area contributed by atoms with Crippen molar-refractivity contribution < 1.29 is 23.1 Å². The van der Waals surface area contributed by atoms with Crippen molar-refractivity contribution in [1.82, 2.24) is 5.32 Å². The van der Waals surface area contributed by atoms with Crippen LogP contribution in [0.3, 0.4) is 0 Å². The fraction of sp³-hybridized carbons (Fsp3) is 0.364. The van der Waals surface area contributed by atoms with E-state index < -0.39 is 24.7 Å². The third kappa shape index (κ3) is 5.91. The van der Waals surface area contributed by atoms with Gasteiger partial charge in [0.15, 0.2) is 6.10 Å². The van der Waals surface area contributed by atoms with Gasteiger partial charge in [-0.05, 0) is 24.3 Å². The number of carbonyl (C=O) groups excluding carboxylic acids is 1. The van der Waals surface area contributed by atoms with Gasteiger partial charge in [-0.1, -0.05) is 11.6 Å². The molecule has 4 nitrogen and oxygen atoms in total. The lowest BCUT2D eigenvalue weighted by Crippen LogP contribution is -2.41. The Morgan fingerprint density at radius 2 is 1.89 bits per heavy atom. The molecule has 3 N–H and O–H groups in total. The molecule has 0 heterocycles. The number of hydrogen-bond donors (Lipinski definition) is 3. The molecule has 0 aliphatic carbocycles. The molecule has 8 heteroatoms. The normalized spacial score (nSPS) is 13.1. The van der Waals surface area contributed by atoms with Gasteiger partial charge >= 0.3 is 6.18 Å². The topological polar surface area (TPSA) is 61.4 Å². The van der Waals surface area contributed by atoms with Crippen molar-refractivity contribution in [3.05, 3.63) is 29.3 Å². The molecule has 1 unspecified atom stereocenters. The lowest BCUT2D eigenvalue weighted by atomic mass is 10.3. The lowest BCUT2D eigenvalue weighted by Gasteiger charge is -2.14. The fourth-order valence-corrected chi connectivity index (χ4v) is 1.30. The van der Waals surface area contributed by atoms with E-state index in [0.717, 1.165) is 0 Å². The third-order valence-corrected chi connectivity index (χ3v) is 2.38. The van der Waals surface area contributed by atoms with Crippen molar-refractivity contribution in [3.63, 3.8) is 0 Å². The first-order chi connectivity index (χ1) is 8.79. The number of halogens is 4. The number of nitrogens with one attached hydrogen (secondary N) is 2. The molecule has 0 aliphatic rings. The highest BCUT2D eigenvalue weighted by Gasteiger charge is 2.37. The van der Waals surface area contributed by atoms with E-state index in [1.165, 1.54) is 0 Å². The molecule has 0 fully saturated rings. The second-order valence-electron chi connectivity index (χ2n) is 3.74. The number of aliphatic hydroxyl groups is 1. The van der Waals surface area contributed by atoms with E-state index in [1.54, 1.807) is 24.3 Å². The highest BCUT2D eigenvalue weighted by atomic mass is 35.5. The molecule has 1 atom stereocenters. The van der Waals surface area contributed by atoms with Gasteiger partial charge in [-0.2, -0.15) is 13.2 Å². The van der Waals surface area contributed by atoms with E-state index in [-0.39, 0.29) is 6.54 Å². The molecule has 0 saturated heterocycles. The van der Waals surface area contributed by atoms with Gasteiger partial charge in [0, 0.05) is 17.3 Å². The van der Waals surface area contributed by atoms with Gasteiger partial charge in [0.2, 0.25) is 5.91 Å².